The molecule has 0 bridgehead atoms. The van der Waals surface area contributed by atoms with Gasteiger partial charge in [-0.15, -0.1) is 0 Å². The van der Waals surface area contributed by atoms with Gasteiger partial charge >= 0.3 is 0 Å². The molecule has 1 aromatic carbocycles. The fourth-order valence-electron chi connectivity index (χ4n) is 2.46. The molecule has 0 radical (unpaired) electrons. The standard InChI is InChI=1S/C17H22OS/c1-14(12-13-15-8-4-2-5-9-15)17(18)19-16-10-6-3-7-11-16/h2,4-5,8-9,16H,1,3,6-7,10-13H2. The Kier molecular flexibility index (Phi) is 5.71. The molecule has 1 aliphatic rings. The van der Waals surface area contributed by atoms with Gasteiger partial charge < -0.3 is 0 Å². The Bertz CT molecular complexity index is 418. The highest BCUT2D eigenvalue weighted by molar-refractivity contribution is 8.14. The van der Waals surface area contributed by atoms with Gasteiger partial charge in [0.25, 0.3) is 0 Å². The van der Waals surface area contributed by atoms with Gasteiger partial charge in [0.15, 0.2) is 0 Å². The highest BCUT2D eigenvalue weighted by atomic mass is 32.2. The Morgan fingerprint density at radius 3 is 2.53 bits per heavy atom. The summed E-state index contributed by atoms with van der Waals surface area (Å²) in [5.41, 5.74) is 2.05. The summed E-state index contributed by atoms with van der Waals surface area (Å²) >= 11 is 1.53. The second kappa shape index (κ2) is 7.54. The third kappa shape index (κ3) is 4.87. The first-order valence-corrected chi connectivity index (χ1v) is 8.06. The fraction of sp³-hybridized carbons (Fsp3) is 0.471. The van der Waals surface area contributed by atoms with E-state index in [1.54, 1.807) is 0 Å². The minimum Gasteiger partial charge on any atom is -0.282 e. The predicted octanol–water partition coefficient (Wildman–Crippen LogP) is 4.77. The molecule has 0 N–H and O–H groups in total. The van der Waals surface area contributed by atoms with Gasteiger partial charge in [0, 0.05) is 5.25 Å². The number of carbonyl (C=O) groups excluding carboxylic acids is 1. The van der Waals surface area contributed by atoms with Crippen molar-refractivity contribution >= 4 is 16.9 Å². The van der Waals surface area contributed by atoms with Crippen molar-refractivity contribution in [3.05, 3.63) is 48.0 Å². The van der Waals surface area contributed by atoms with Crippen LogP contribution in [-0.2, 0) is 11.2 Å². The smallest absolute Gasteiger partial charge is 0.215 e. The van der Waals surface area contributed by atoms with Crippen LogP contribution in [0.25, 0.3) is 0 Å². The maximum Gasteiger partial charge on any atom is 0.215 e. The summed E-state index contributed by atoms with van der Waals surface area (Å²) in [4.78, 5) is 12.1. The molecule has 19 heavy (non-hydrogen) atoms. The Labute approximate surface area is 120 Å². The molecule has 0 amide bonds. The zero-order valence-electron chi connectivity index (χ0n) is 11.4. The number of hydrogen-bond donors (Lipinski definition) is 0. The first-order chi connectivity index (χ1) is 9.25. The number of benzene rings is 1. The van der Waals surface area contributed by atoms with Gasteiger partial charge in [-0.1, -0.05) is 67.9 Å². The molecule has 0 spiro atoms. The van der Waals surface area contributed by atoms with E-state index in [0.717, 1.165) is 18.4 Å². The quantitative estimate of drug-likeness (QED) is 0.720. The van der Waals surface area contributed by atoms with Crippen molar-refractivity contribution in [2.75, 3.05) is 0 Å². The molecule has 0 heterocycles. The van der Waals surface area contributed by atoms with Crippen LogP contribution < -0.4 is 0 Å². The van der Waals surface area contributed by atoms with Crippen molar-refractivity contribution in [1.29, 1.82) is 0 Å². The third-order valence-corrected chi connectivity index (χ3v) is 4.98. The molecule has 0 aliphatic heterocycles. The predicted molar refractivity (Wildman–Crippen MR) is 83.4 cm³/mol. The second-order valence-electron chi connectivity index (χ2n) is 5.25. The average Bonchev–Trinajstić information content (AvgIpc) is 2.47. The lowest BCUT2D eigenvalue weighted by molar-refractivity contribution is -0.108. The highest BCUT2D eigenvalue weighted by Crippen LogP contribution is 2.30. The average molecular weight is 274 g/mol. The number of hydrogen-bond acceptors (Lipinski definition) is 2. The van der Waals surface area contributed by atoms with Gasteiger partial charge in [0.05, 0.1) is 0 Å². The topological polar surface area (TPSA) is 17.1 Å². The van der Waals surface area contributed by atoms with E-state index in [1.165, 1.54) is 49.4 Å². The largest absolute Gasteiger partial charge is 0.282 e. The van der Waals surface area contributed by atoms with Crippen molar-refractivity contribution in [2.24, 2.45) is 0 Å². The first kappa shape index (κ1) is 14.4. The monoisotopic (exact) mass is 274 g/mol. The maximum atomic E-state index is 12.1. The molecular formula is C17H22OS. The fourth-order valence-corrected chi connectivity index (χ4v) is 3.60. The van der Waals surface area contributed by atoms with Crippen LogP contribution in [0.1, 0.15) is 44.1 Å². The Balaban J connectivity index is 1.74. The summed E-state index contributed by atoms with van der Waals surface area (Å²) in [7, 11) is 0. The van der Waals surface area contributed by atoms with Gasteiger partial charge in [0.2, 0.25) is 5.12 Å². The molecule has 0 unspecified atom stereocenters. The molecule has 1 saturated carbocycles. The van der Waals surface area contributed by atoms with E-state index in [2.05, 4.69) is 18.7 Å². The van der Waals surface area contributed by atoms with Crippen LogP contribution in [0.4, 0.5) is 0 Å². The Morgan fingerprint density at radius 2 is 1.84 bits per heavy atom. The lowest BCUT2D eigenvalue weighted by Gasteiger charge is -2.20. The van der Waals surface area contributed by atoms with Crippen LogP contribution in [0, 0.1) is 0 Å². The van der Waals surface area contributed by atoms with Crippen molar-refractivity contribution < 1.29 is 4.79 Å². The van der Waals surface area contributed by atoms with E-state index >= 15 is 0 Å². The molecule has 0 saturated heterocycles. The van der Waals surface area contributed by atoms with Gasteiger partial charge in [-0.3, -0.25) is 4.79 Å². The highest BCUT2D eigenvalue weighted by Gasteiger charge is 2.19. The van der Waals surface area contributed by atoms with E-state index in [-0.39, 0.29) is 5.12 Å². The van der Waals surface area contributed by atoms with Crippen molar-refractivity contribution in [3.8, 4) is 0 Å². The minimum absolute atomic E-state index is 0.211. The van der Waals surface area contributed by atoms with Gasteiger partial charge in [-0.05, 0) is 36.8 Å². The van der Waals surface area contributed by atoms with Gasteiger partial charge in [-0.2, -0.15) is 0 Å². The number of aryl methyl sites for hydroxylation is 1. The van der Waals surface area contributed by atoms with Crippen molar-refractivity contribution in [2.45, 2.75) is 50.2 Å². The normalized spacial score (nSPS) is 16.2. The Hall–Kier alpha value is -1.02. The Morgan fingerprint density at radius 1 is 1.16 bits per heavy atom. The molecule has 1 aromatic rings. The van der Waals surface area contributed by atoms with Crippen molar-refractivity contribution in [3.63, 3.8) is 0 Å². The molecule has 1 fully saturated rings. The molecular weight excluding hydrogens is 252 g/mol. The van der Waals surface area contributed by atoms with Crippen molar-refractivity contribution in [1.82, 2.24) is 0 Å². The second-order valence-corrected chi connectivity index (χ2v) is 6.53. The third-order valence-electron chi connectivity index (χ3n) is 3.67. The number of thioether (sulfide) groups is 1. The zero-order chi connectivity index (χ0) is 13.5. The summed E-state index contributed by atoms with van der Waals surface area (Å²) in [5.74, 6) is 0. The molecule has 0 atom stereocenters. The van der Waals surface area contributed by atoms with E-state index in [1.807, 2.05) is 18.2 Å². The first-order valence-electron chi connectivity index (χ1n) is 7.18. The molecule has 102 valence electrons. The van der Waals surface area contributed by atoms with Gasteiger partial charge in [0.1, 0.15) is 0 Å². The lowest BCUT2D eigenvalue weighted by Crippen LogP contribution is -2.12. The summed E-state index contributed by atoms with van der Waals surface area (Å²) in [6, 6.07) is 10.3. The summed E-state index contributed by atoms with van der Waals surface area (Å²) in [6.07, 6.45) is 7.98. The number of rotatable bonds is 5. The van der Waals surface area contributed by atoms with E-state index in [0.29, 0.717) is 5.25 Å². The summed E-state index contributed by atoms with van der Waals surface area (Å²) in [5, 5.41) is 0.748. The van der Waals surface area contributed by atoms with Crippen LogP contribution in [-0.4, -0.2) is 10.4 Å². The minimum atomic E-state index is 0.211. The summed E-state index contributed by atoms with van der Waals surface area (Å²) in [6.45, 7) is 3.96. The summed E-state index contributed by atoms with van der Waals surface area (Å²) < 4.78 is 0. The van der Waals surface area contributed by atoms with Gasteiger partial charge in [-0.25, -0.2) is 0 Å². The zero-order valence-corrected chi connectivity index (χ0v) is 12.3. The molecule has 0 aromatic heterocycles. The van der Waals surface area contributed by atoms with E-state index < -0.39 is 0 Å². The van der Waals surface area contributed by atoms with Crippen LogP contribution in [0.3, 0.4) is 0 Å². The maximum absolute atomic E-state index is 12.1. The molecule has 1 aliphatic carbocycles. The van der Waals surface area contributed by atoms with Crippen LogP contribution >= 0.6 is 11.8 Å². The number of carbonyl (C=O) groups is 1. The van der Waals surface area contributed by atoms with Crippen LogP contribution in [0.2, 0.25) is 0 Å². The van der Waals surface area contributed by atoms with Crippen LogP contribution in [0.5, 0.6) is 0 Å². The molecule has 2 rings (SSSR count). The van der Waals surface area contributed by atoms with E-state index in [9.17, 15) is 4.79 Å². The lowest BCUT2D eigenvalue weighted by atomic mass is 10.0. The van der Waals surface area contributed by atoms with Crippen LogP contribution in [0.15, 0.2) is 42.5 Å². The SMILES string of the molecule is C=C(CCc1ccccc1)C(=O)SC1CCCCC1. The molecule has 2 heteroatoms. The molecule has 1 nitrogen and oxygen atoms in total. The van der Waals surface area contributed by atoms with E-state index in [4.69, 9.17) is 0 Å².